The highest BCUT2D eigenvalue weighted by atomic mass is 16.2. The molecule has 1 aromatic heterocycles. The van der Waals surface area contributed by atoms with E-state index in [4.69, 9.17) is 0 Å². The smallest absolute Gasteiger partial charge is 0.228 e. The van der Waals surface area contributed by atoms with E-state index in [9.17, 15) is 9.59 Å². The summed E-state index contributed by atoms with van der Waals surface area (Å²) in [5.74, 6) is 0.482. The lowest BCUT2D eigenvalue weighted by atomic mass is 9.73. The van der Waals surface area contributed by atoms with Crippen molar-refractivity contribution in [3.05, 3.63) is 54.4 Å². The SMILES string of the molecule is CCNC(=O)C1(Cc2ccccc2-c2cccnc2)CCCN(C(=O)C2CC2)C1. The molecule has 1 unspecified atom stereocenters. The first-order valence-electron chi connectivity index (χ1n) is 10.7. The average Bonchev–Trinajstić information content (AvgIpc) is 3.60. The fraction of sp³-hybridized carbons (Fsp3) is 0.458. The third-order valence-electron chi connectivity index (χ3n) is 6.15. The number of likely N-dealkylation sites (tertiary alicyclic amines) is 1. The van der Waals surface area contributed by atoms with Crippen molar-refractivity contribution in [2.24, 2.45) is 11.3 Å². The summed E-state index contributed by atoms with van der Waals surface area (Å²) in [6.45, 7) is 3.82. The molecule has 0 spiro atoms. The second kappa shape index (κ2) is 8.36. The van der Waals surface area contributed by atoms with E-state index in [1.54, 1.807) is 6.20 Å². The summed E-state index contributed by atoms with van der Waals surface area (Å²) in [5.41, 5.74) is 2.70. The van der Waals surface area contributed by atoms with Crippen LogP contribution in [0.5, 0.6) is 0 Å². The number of nitrogens with zero attached hydrogens (tertiary/aromatic N) is 2. The molecule has 2 aliphatic rings. The summed E-state index contributed by atoms with van der Waals surface area (Å²) in [7, 11) is 0. The van der Waals surface area contributed by atoms with Crippen molar-refractivity contribution in [1.29, 1.82) is 0 Å². The second-order valence-electron chi connectivity index (χ2n) is 8.35. The van der Waals surface area contributed by atoms with E-state index in [1.165, 1.54) is 0 Å². The lowest BCUT2D eigenvalue weighted by Gasteiger charge is -2.42. The van der Waals surface area contributed by atoms with Gasteiger partial charge in [-0.2, -0.15) is 0 Å². The minimum absolute atomic E-state index is 0.0642. The van der Waals surface area contributed by atoms with E-state index in [0.29, 0.717) is 19.5 Å². The highest BCUT2D eigenvalue weighted by Crippen LogP contribution is 2.39. The third-order valence-corrected chi connectivity index (χ3v) is 6.15. The van der Waals surface area contributed by atoms with E-state index in [-0.39, 0.29) is 17.7 Å². The first-order valence-corrected chi connectivity index (χ1v) is 10.7. The highest BCUT2D eigenvalue weighted by Gasteiger charge is 2.45. The molecule has 1 saturated heterocycles. The van der Waals surface area contributed by atoms with Crippen LogP contribution in [0.1, 0.15) is 38.2 Å². The summed E-state index contributed by atoms with van der Waals surface area (Å²) >= 11 is 0. The Morgan fingerprint density at radius 3 is 2.76 bits per heavy atom. The van der Waals surface area contributed by atoms with Gasteiger partial charge in [-0.05, 0) is 56.2 Å². The van der Waals surface area contributed by atoms with E-state index in [2.05, 4.69) is 28.5 Å². The molecule has 1 N–H and O–H groups in total. The molecule has 2 fully saturated rings. The number of nitrogens with one attached hydrogen (secondary N) is 1. The van der Waals surface area contributed by atoms with Gasteiger partial charge in [-0.15, -0.1) is 0 Å². The normalized spacial score (nSPS) is 21.6. The van der Waals surface area contributed by atoms with Crippen molar-refractivity contribution < 1.29 is 9.59 Å². The van der Waals surface area contributed by atoms with E-state index in [0.717, 1.165) is 48.9 Å². The van der Waals surface area contributed by atoms with Gasteiger partial charge < -0.3 is 10.2 Å². The number of aromatic nitrogens is 1. The molecule has 5 heteroatoms. The van der Waals surface area contributed by atoms with E-state index >= 15 is 0 Å². The van der Waals surface area contributed by atoms with Crippen LogP contribution in [0.4, 0.5) is 0 Å². The summed E-state index contributed by atoms with van der Waals surface area (Å²) in [6, 6.07) is 12.2. The van der Waals surface area contributed by atoms with Crippen molar-refractivity contribution >= 4 is 11.8 Å². The Kier molecular flexibility index (Phi) is 5.65. The van der Waals surface area contributed by atoms with Gasteiger partial charge in [0, 0.05) is 43.5 Å². The summed E-state index contributed by atoms with van der Waals surface area (Å²) in [6.07, 6.45) is 7.91. The van der Waals surface area contributed by atoms with Crippen LogP contribution in [0.25, 0.3) is 11.1 Å². The molecular weight excluding hydrogens is 362 g/mol. The number of carbonyl (C=O) groups excluding carboxylic acids is 2. The van der Waals surface area contributed by atoms with Crippen LogP contribution in [0.15, 0.2) is 48.8 Å². The molecule has 4 rings (SSSR count). The zero-order valence-electron chi connectivity index (χ0n) is 17.1. The molecule has 2 heterocycles. The fourth-order valence-corrected chi connectivity index (χ4v) is 4.51. The van der Waals surface area contributed by atoms with Crippen molar-refractivity contribution in [2.45, 2.75) is 39.0 Å². The zero-order chi connectivity index (χ0) is 20.3. The molecule has 1 saturated carbocycles. The number of rotatable bonds is 6. The number of amides is 2. The third kappa shape index (κ3) is 4.19. The standard InChI is InChI=1S/C24H29N3O2/c1-2-26-23(29)24(12-6-14-27(17-24)22(28)18-10-11-18)15-19-7-3-4-9-21(19)20-8-5-13-25-16-20/h3-5,7-9,13,16,18H,2,6,10-12,14-15,17H2,1H3,(H,26,29). The van der Waals surface area contributed by atoms with Crippen molar-refractivity contribution in [1.82, 2.24) is 15.2 Å². The number of hydrogen-bond donors (Lipinski definition) is 1. The molecule has 1 aromatic carbocycles. The van der Waals surface area contributed by atoms with Gasteiger partial charge >= 0.3 is 0 Å². The predicted molar refractivity (Wildman–Crippen MR) is 113 cm³/mol. The van der Waals surface area contributed by atoms with Crippen LogP contribution < -0.4 is 5.32 Å². The van der Waals surface area contributed by atoms with Gasteiger partial charge in [0.15, 0.2) is 0 Å². The monoisotopic (exact) mass is 391 g/mol. The van der Waals surface area contributed by atoms with E-state index < -0.39 is 5.41 Å². The minimum Gasteiger partial charge on any atom is -0.356 e. The molecule has 29 heavy (non-hydrogen) atoms. The molecule has 152 valence electrons. The van der Waals surface area contributed by atoms with Gasteiger partial charge in [0.25, 0.3) is 0 Å². The Balaban J connectivity index is 1.67. The number of benzene rings is 1. The van der Waals surface area contributed by atoms with Gasteiger partial charge in [0.2, 0.25) is 11.8 Å². The molecule has 0 bridgehead atoms. The van der Waals surface area contributed by atoms with Crippen LogP contribution >= 0.6 is 0 Å². The zero-order valence-corrected chi connectivity index (χ0v) is 17.1. The van der Waals surface area contributed by atoms with Gasteiger partial charge in [0.1, 0.15) is 0 Å². The number of piperidine rings is 1. The van der Waals surface area contributed by atoms with E-state index in [1.807, 2.05) is 36.2 Å². The summed E-state index contributed by atoms with van der Waals surface area (Å²) in [5, 5.41) is 3.05. The molecular formula is C24H29N3O2. The van der Waals surface area contributed by atoms with Crippen LogP contribution in [0.3, 0.4) is 0 Å². The Morgan fingerprint density at radius 2 is 2.03 bits per heavy atom. The molecule has 1 atom stereocenters. The van der Waals surface area contributed by atoms with Crippen LogP contribution in [-0.4, -0.2) is 41.3 Å². The Bertz CT molecular complexity index is 879. The summed E-state index contributed by atoms with van der Waals surface area (Å²) in [4.78, 5) is 32.2. The first kappa shape index (κ1) is 19.6. The fourth-order valence-electron chi connectivity index (χ4n) is 4.51. The molecule has 1 aliphatic carbocycles. The molecule has 5 nitrogen and oxygen atoms in total. The number of pyridine rings is 1. The van der Waals surface area contributed by atoms with Crippen molar-refractivity contribution in [2.75, 3.05) is 19.6 Å². The molecule has 2 amide bonds. The Hall–Kier alpha value is -2.69. The predicted octanol–water partition coefficient (Wildman–Crippen LogP) is 3.45. The van der Waals surface area contributed by atoms with Crippen molar-refractivity contribution in [3.63, 3.8) is 0 Å². The minimum atomic E-state index is -0.586. The topological polar surface area (TPSA) is 62.3 Å². The van der Waals surface area contributed by atoms with Gasteiger partial charge in [0.05, 0.1) is 5.41 Å². The molecule has 1 aliphatic heterocycles. The van der Waals surface area contributed by atoms with Crippen LogP contribution in [-0.2, 0) is 16.0 Å². The van der Waals surface area contributed by atoms with Crippen molar-refractivity contribution in [3.8, 4) is 11.1 Å². The molecule has 2 aromatic rings. The quantitative estimate of drug-likeness (QED) is 0.820. The number of carbonyl (C=O) groups is 2. The largest absolute Gasteiger partial charge is 0.356 e. The van der Waals surface area contributed by atoms with Gasteiger partial charge in [-0.3, -0.25) is 14.6 Å². The maximum absolute atomic E-state index is 13.3. The van der Waals surface area contributed by atoms with Crippen LogP contribution in [0.2, 0.25) is 0 Å². The number of hydrogen-bond acceptors (Lipinski definition) is 3. The lowest BCUT2D eigenvalue weighted by molar-refractivity contribution is -0.142. The second-order valence-corrected chi connectivity index (χ2v) is 8.35. The lowest BCUT2D eigenvalue weighted by Crippen LogP contribution is -2.54. The maximum Gasteiger partial charge on any atom is 0.228 e. The highest BCUT2D eigenvalue weighted by molar-refractivity contribution is 5.86. The Labute approximate surface area is 172 Å². The van der Waals surface area contributed by atoms with Gasteiger partial charge in [-0.25, -0.2) is 0 Å². The first-order chi connectivity index (χ1) is 14.1. The maximum atomic E-state index is 13.3. The average molecular weight is 392 g/mol. The van der Waals surface area contributed by atoms with Crippen LogP contribution in [0, 0.1) is 11.3 Å². The summed E-state index contributed by atoms with van der Waals surface area (Å²) < 4.78 is 0. The Morgan fingerprint density at radius 1 is 1.21 bits per heavy atom. The van der Waals surface area contributed by atoms with Gasteiger partial charge in [-0.1, -0.05) is 30.3 Å². The molecule has 0 radical (unpaired) electrons.